The van der Waals surface area contributed by atoms with Crippen molar-refractivity contribution in [2.45, 2.75) is 25.9 Å². The van der Waals surface area contributed by atoms with E-state index in [1.165, 1.54) is 5.69 Å². The Morgan fingerprint density at radius 2 is 1.83 bits per heavy atom. The van der Waals surface area contributed by atoms with E-state index in [2.05, 4.69) is 49.5 Å². The van der Waals surface area contributed by atoms with E-state index in [0.717, 1.165) is 56.8 Å². The van der Waals surface area contributed by atoms with E-state index >= 15 is 0 Å². The summed E-state index contributed by atoms with van der Waals surface area (Å²) in [7, 11) is 0. The van der Waals surface area contributed by atoms with Crippen LogP contribution in [0.1, 0.15) is 24.3 Å². The number of hydrogen-bond acceptors (Lipinski definition) is 7. The van der Waals surface area contributed by atoms with Crippen molar-refractivity contribution in [3.05, 3.63) is 65.0 Å². The number of amides is 1. The number of halogens is 1. The number of benzene rings is 2. The van der Waals surface area contributed by atoms with Crippen LogP contribution in [0.2, 0.25) is 5.02 Å². The van der Waals surface area contributed by atoms with Crippen molar-refractivity contribution in [2.24, 2.45) is 5.92 Å². The zero-order valence-electron chi connectivity index (χ0n) is 19.7. The van der Waals surface area contributed by atoms with Crippen molar-refractivity contribution in [3.63, 3.8) is 0 Å². The molecule has 1 aromatic heterocycles. The normalized spacial score (nSPS) is 19.0. The molecule has 9 heteroatoms. The van der Waals surface area contributed by atoms with Crippen molar-refractivity contribution in [1.29, 1.82) is 0 Å². The maximum Gasteiger partial charge on any atom is 0.241 e. The number of nitrogens with zero attached hydrogens (tertiary/aromatic N) is 4. The van der Waals surface area contributed by atoms with Gasteiger partial charge in [0, 0.05) is 42.5 Å². The Balaban J connectivity index is 1.11. The molecule has 0 saturated carbocycles. The lowest BCUT2D eigenvalue weighted by atomic mass is 9.97. The van der Waals surface area contributed by atoms with E-state index in [9.17, 15) is 4.79 Å². The van der Waals surface area contributed by atoms with Crippen molar-refractivity contribution in [2.75, 3.05) is 44.3 Å². The third-order valence-electron chi connectivity index (χ3n) is 6.58. The van der Waals surface area contributed by atoms with Crippen LogP contribution in [0.3, 0.4) is 0 Å². The lowest BCUT2D eigenvalue weighted by Gasteiger charge is -2.31. The predicted octanol–water partition coefficient (Wildman–Crippen LogP) is 3.76. The highest BCUT2D eigenvalue weighted by atomic mass is 35.5. The Morgan fingerprint density at radius 3 is 2.60 bits per heavy atom. The zero-order valence-corrected chi connectivity index (χ0v) is 20.4. The van der Waals surface area contributed by atoms with Crippen molar-refractivity contribution < 1.29 is 14.1 Å². The minimum Gasteiger partial charge on any atom is -0.378 e. The average molecular weight is 496 g/mol. The number of aromatic nitrogens is 2. The standard InChI is InChI=1S/C26H30ClN5O3/c27-22-7-5-20(6-8-22)25-29-24(35-30-25)18-31-11-1-2-21(17-31)26(33)28-16-19-3-9-23(10-4-19)32-12-14-34-15-13-32/h3-10,21H,1-2,11-18H2,(H,28,33). The molecular weight excluding hydrogens is 466 g/mol. The molecule has 2 fully saturated rings. The van der Waals surface area contributed by atoms with Crippen LogP contribution in [0.4, 0.5) is 5.69 Å². The summed E-state index contributed by atoms with van der Waals surface area (Å²) in [6.45, 7) is 6.03. The molecule has 2 aliphatic rings. The maximum absolute atomic E-state index is 12.9. The second kappa shape index (κ2) is 11.2. The third-order valence-corrected chi connectivity index (χ3v) is 6.84. The van der Waals surface area contributed by atoms with E-state index in [4.69, 9.17) is 20.9 Å². The Labute approximate surface area is 210 Å². The van der Waals surface area contributed by atoms with E-state index in [1.807, 2.05) is 12.1 Å². The van der Waals surface area contributed by atoms with Crippen LogP contribution in [-0.4, -0.2) is 60.3 Å². The Morgan fingerprint density at radius 1 is 1.06 bits per heavy atom. The van der Waals surface area contributed by atoms with Gasteiger partial charge in [0.05, 0.1) is 25.7 Å². The van der Waals surface area contributed by atoms with Gasteiger partial charge in [0.2, 0.25) is 17.6 Å². The van der Waals surface area contributed by atoms with Gasteiger partial charge in [-0.25, -0.2) is 0 Å². The molecule has 1 atom stereocenters. The summed E-state index contributed by atoms with van der Waals surface area (Å²) in [5.74, 6) is 1.15. The molecule has 3 heterocycles. The molecule has 1 amide bonds. The quantitative estimate of drug-likeness (QED) is 0.534. The topological polar surface area (TPSA) is 83.7 Å². The minimum atomic E-state index is -0.0463. The van der Waals surface area contributed by atoms with Gasteiger partial charge in [-0.2, -0.15) is 4.98 Å². The molecule has 2 saturated heterocycles. The number of hydrogen-bond donors (Lipinski definition) is 1. The first-order valence-corrected chi connectivity index (χ1v) is 12.5. The third kappa shape index (κ3) is 6.20. The zero-order chi connectivity index (χ0) is 24.0. The number of nitrogens with one attached hydrogen (secondary N) is 1. The number of morpholine rings is 1. The maximum atomic E-state index is 12.9. The fourth-order valence-electron chi connectivity index (χ4n) is 4.62. The van der Waals surface area contributed by atoms with Crippen molar-refractivity contribution in [3.8, 4) is 11.4 Å². The number of likely N-dealkylation sites (tertiary alicyclic amines) is 1. The minimum absolute atomic E-state index is 0.0463. The number of carbonyl (C=O) groups excluding carboxylic acids is 1. The smallest absolute Gasteiger partial charge is 0.241 e. The summed E-state index contributed by atoms with van der Waals surface area (Å²) < 4.78 is 10.9. The van der Waals surface area contributed by atoms with Crippen LogP contribution >= 0.6 is 11.6 Å². The van der Waals surface area contributed by atoms with Gasteiger partial charge in [0.25, 0.3) is 0 Å². The van der Waals surface area contributed by atoms with Gasteiger partial charge in [-0.3, -0.25) is 9.69 Å². The van der Waals surface area contributed by atoms with Crippen LogP contribution in [0.15, 0.2) is 53.1 Å². The summed E-state index contributed by atoms with van der Waals surface area (Å²) in [4.78, 5) is 21.9. The first-order valence-electron chi connectivity index (χ1n) is 12.1. The highest BCUT2D eigenvalue weighted by Crippen LogP contribution is 2.22. The molecule has 0 radical (unpaired) electrons. The molecule has 2 aromatic carbocycles. The first kappa shape index (κ1) is 23.8. The van der Waals surface area contributed by atoms with Gasteiger partial charge in [-0.05, 0) is 61.3 Å². The Bertz CT molecular complexity index is 1110. The first-order chi connectivity index (χ1) is 17.1. The summed E-state index contributed by atoms with van der Waals surface area (Å²) in [5, 5.41) is 7.88. The molecule has 35 heavy (non-hydrogen) atoms. The van der Waals surface area contributed by atoms with Gasteiger partial charge in [0.15, 0.2) is 0 Å². The summed E-state index contributed by atoms with van der Waals surface area (Å²) >= 11 is 5.96. The fraction of sp³-hybridized carbons (Fsp3) is 0.423. The van der Waals surface area contributed by atoms with Gasteiger partial charge >= 0.3 is 0 Å². The van der Waals surface area contributed by atoms with E-state index in [1.54, 1.807) is 12.1 Å². The lowest BCUT2D eigenvalue weighted by molar-refractivity contribution is -0.127. The van der Waals surface area contributed by atoms with Crippen LogP contribution in [0, 0.1) is 5.92 Å². The summed E-state index contributed by atoms with van der Waals surface area (Å²) in [6.07, 6.45) is 1.85. The van der Waals surface area contributed by atoms with E-state index in [-0.39, 0.29) is 11.8 Å². The second-order valence-electron chi connectivity index (χ2n) is 9.08. The average Bonchev–Trinajstić information content (AvgIpc) is 3.37. The van der Waals surface area contributed by atoms with Gasteiger partial charge in [0.1, 0.15) is 0 Å². The molecule has 184 valence electrons. The van der Waals surface area contributed by atoms with Gasteiger partial charge in [-0.1, -0.05) is 28.9 Å². The van der Waals surface area contributed by atoms with Crippen molar-refractivity contribution in [1.82, 2.24) is 20.4 Å². The van der Waals surface area contributed by atoms with Crippen LogP contribution < -0.4 is 10.2 Å². The lowest BCUT2D eigenvalue weighted by Crippen LogP contribution is -2.42. The molecule has 0 spiro atoms. The number of anilines is 1. The van der Waals surface area contributed by atoms with Crippen molar-refractivity contribution >= 4 is 23.2 Å². The molecule has 3 aromatic rings. The molecule has 5 rings (SSSR count). The highest BCUT2D eigenvalue weighted by Gasteiger charge is 2.27. The monoisotopic (exact) mass is 495 g/mol. The molecule has 1 N–H and O–H groups in total. The van der Waals surface area contributed by atoms with Gasteiger partial charge < -0.3 is 19.5 Å². The summed E-state index contributed by atoms with van der Waals surface area (Å²) in [6, 6.07) is 15.8. The number of rotatable bonds is 7. The predicted molar refractivity (Wildman–Crippen MR) is 134 cm³/mol. The molecule has 2 aliphatic heterocycles. The Kier molecular flexibility index (Phi) is 7.61. The van der Waals surface area contributed by atoms with E-state index in [0.29, 0.717) is 36.4 Å². The largest absolute Gasteiger partial charge is 0.378 e. The number of piperidine rings is 1. The second-order valence-corrected chi connectivity index (χ2v) is 9.51. The molecular formula is C26H30ClN5O3. The van der Waals surface area contributed by atoms with Crippen LogP contribution in [-0.2, 0) is 22.6 Å². The molecule has 8 nitrogen and oxygen atoms in total. The van der Waals surface area contributed by atoms with Crippen LogP contribution in [0.5, 0.6) is 0 Å². The molecule has 0 aliphatic carbocycles. The summed E-state index contributed by atoms with van der Waals surface area (Å²) in [5.41, 5.74) is 3.16. The fourth-order valence-corrected chi connectivity index (χ4v) is 4.75. The SMILES string of the molecule is O=C(NCc1ccc(N2CCOCC2)cc1)C1CCCN(Cc2nc(-c3ccc(Cl)cc3)no2)C1. The Hall–Kier alpha value is -2.94. The number of carbonyl (C=O) groups is 1. The van der Waals surface area contributed by atoms with Crippen LogP contribution in [0.25, 0.3) is 11.4 Å². The van der Waals surface area contributed by atoms with Gasteiger partial charge in [-0.15, -0.1) is 0 Å². The number of ether oxygens (including phenoxy) is 1. The molecule has 0 bridgehead atoms. The van der Waals surface area contributed by atoms with E-state index < -0.39 is 0 Å². The highest BCUT2D eigenvalue weighted by molar-refractivity contribution is 6.30. The molecule has 1 unspecified atom stereocenters.